The fourth-order valence-electron chi connectivity index (χ4n) is 3.10. The van der Waals surface area contributed by atoms with E-state index in [2.05, 4.69) is 5.32 Å². The molecule has 1 aromatic heterocycles. The molecule has 0 saturated heterocycles. The van der Waals surface area contributed by atoms with Crippen LogP contribution in [0.5, 0.6) is 5.75 Å². The molecule has 5 nitrogen and oxygen atoms in total. The second kappa shape index (κ2) is 8.43. The van der Waals surface area contributed by atoms with Crippen molar-refractivity contribution in [3.8, 4) is 17.1 Å². The largest absolute Gasteiger partial charge is 0.494 e. The average molecular weight is 420 g/mol. The van der Waals surface area contributed by atoms with Gasteiger partial charge in [0.25, 0.3) is 5.91 Å². The molecule has 0 saturated carbocycles. The molecule has 0 radical (unpaired) electrons. The smallest absolute Gasteiger partial charge is 0.257 e. The molecule has 0 bridgehead atoms. The van der Waals surface area contributed by atoms with Crippen molar-refractivity contribution in [2.45, 2.75) is 6.92 Å². The number of carbonyl (C=O) groups is 1. The Morgan fingerprint density at radius 2 is 1.80 bits per heavy atom. The highest BCUT2D eigenvalue weighted by atomic mass is 35.5. The molecule has 0 fully saturated rings. The zero-order chi connectivity index (χ0) is 21.1. The molecule has 4 aromatic rings. The maximum Gasteiger partial charge on any atom is 0.257 e. The van der Waals surface area contributed by atoms with Crippen LogP contribution in [-0.4, -0.2) is 12.5 Å². The molecule has 1 amide bonds. The van der Waals surface area contributed by atoms with Gasteiger partial charge in [-0.3, -0.25) is 9.59 Å². The Bertz CT molecular complexity index is 1280. The third-order valence-corrected chi connectivity index (χ3v) is 4.88. The van der Waals surface area contributed by atoms with Crippen LogP contribution in [0.15, 0.2) is 82.0 Å². The van der Waals surface area contributed by atoms with Gasteiger partial charge in [-0.2, -0.15) is 0 Å². The number of amides is 1. The van der Waals surface area contributed by atoms with Crippen molar-refractivity contribution in [1.82, 2.24) is 0 Å². The molecule has 6 heteroatoms. The van der Waals surface area contributed by atoms with Gasteiger partial charge in [-0.1, -0.05) is 23.7 Å². The number of ether oxygens (including phenoxy) is 1. The monoisotopic (exact) mass is 419 g/mol. The number of benzene rings is 3. The molecule has 0 atom stereocenters. The molecule has 0 aliphatic heterocycles. The number of hydrogen-bond donors (Lipinski definition) is 1. The number of nitrogens with one attached hydrogen (secondary N) is 1. The van der Waals surface area contributed by atoms with Gasteiger partial charge in [0.1, 0.15) is 17.1 Å². The summed E-state index contributed by atoms with van der Waals surface area (Å²) in [6.45, 7) is 2.50. The summed E-state index contributed by atoms with van der Waals surface area (Å²) in [5, 5.41) is 3.50. The van der Waals surface area contributed by atoms with Gasteiger partial charge in [-0.25, -0.2) is 0 Å². The van der Waals surface area contributed by atoms with Crippen molar-refractivity contribution in [3.05, 3.63) is 93.6 Å². The third kappa shape index (κ3) is 4.07. The zero-order valence-electron chi connectivity index (χ0n) is 16.1. The van der Waals surface area contributed by atoms with Crippen LogP contribution in [0.1, 0.15) is 17.3 Å². The van der Waals surface area contributed by atoms with Gasteiger partial charge in [-0.15, -0.1) is 0 Å². The minimum atomic E-state index is -0.352. The predicted octanol–water partition coefficient (Wildman–Crippen LogP) is 5.76. The molecule has 30 heavy (non-hydrogen) atoms. The molecule has 4 rings (SSSR count). The molecule has 0 spiro atoms. The van der Waals surface area contributed by atoms with Gasteiger partial charge in [-0.05, 0) is 61.5 Å². The van der Waals surface area contributed by atoms with E-state index in [-0.39, 0.29) is 11.3 Å². The van der Waals surface area contributed by atoms with Gasteiger partial charge >= 0.3 is 0 Å². The van der Waals surface area contributed by atoms with Crippen molar-refractivity contribution >= 4 is 34.2 Å². The molecule has 0 aliphatic rings. The lowest BCUT2D eigenvalue weighted by atomic mass is 10.1. The number of halogens is 1. The van der Waals surface area contributed by atoms with Gasteiger partial charge in [0.2, 0.25) is 0 Å². The van der Waals surface area contributed by atoms with Gasteiger partial charge in [0.05, 0.1) is 22.6 Å². The highest BCUT2D eigenvalue weighted by Gasteiger charge is 2.12. The lowest BCUT2D eigenvalue weighted by molar-refractivity contribution is 0.102. The molecular formula is C24H18ClNO4. The second-order valence-electron chi connectivity index (χ2n) is 6.58. The van der Waals surface area contributed by atoms with Crippen LogP contribution < -0.4 is 15.5 Å². The first-order valence-corrected chi connectivity index (χ1v) is 9.80. The van der Waals surface area contributed by atoms with Gasteiger partial charge in [0, 0.05) is 17.3 Å². The first-order valence-electron chi connectivity index (χ1n) is 9.42. The molecular weight excluding hydrogens is 402 g/mol. The minimum Gasteiger partial charge on any atom is -0.494 e. The van der Waals surface area contributed by atoms with E-state index in [1.807, 2.05) is 31.2 Å². The normalized spacial score (nSPS) is 10.7. The predicted molar refractivity (Wildman–Crippen MR) is 118 cm³/mol. The fraction of sp³-hybridized carbons (Fsp3) is 0.0833. The molecule has 3 aromatic carbocycles. The van der Waals surface area contributed by atoms with Crippen LogP contribution >= 0.6 is 11.6 Å². The number of fused-ring (bicyclic) bond motifs is 1. The standard InChI is InChI=1S/C24H18ClNO4/c1-2-29-17-10-7-15(8-11-17)23-14-21(27)19-13-16(9-12-22(19)30-23)26-24(28)18-5-3-4-6-20(18)25/h3-14H,2H2,1H3,(H,26,28). The topological polar surface area (TPSA) is 68.5 Å². The van der Waals surface area contributed by atoms with Crippen LogP contribution in [0.3, 0.4) is 0 Å². The summed E-state index contributed by atoms with van der Waals surface area (Å²) in [6.07, 6.45) is 0. The van der Waals surface area contributed by atoms with Gasteiger partial charge < -0.3 is 14.5 Å². The Labute approximate surface area is 177 Å². The molecule has 150 valence electrons. The van der Waals surface area contributed by atoms with Crippen molar-refractivity contribution < 1.29 is 13.9 Å². The minimum absolute atomic E-state index is 0.200. The Hall–Kier alpha value is -3.57. The summed E-state index contributed by atoms with van der Waals surface area (Å²) >= 11 is 6.07. The molecule has 1 N–H and O–H groups in total. The van der Waals surface area contributed by atoms with E-state index in [1.165, 1.54) is 6.07 Å². The van der Waals surface area contributed by atoms with Gasteiger partial charge in [0.15, 0.2) is 5.43 Å². The van der Waals surface area contributed by atoms with E-state index in [1.54, 1.807) is 42.5 Å². The maximum atomic E-state index is 12.7. The Balaban J connectivity index is 1.63. The van der Waals surface area contributed by atoms with Crippen LogP contribution in [0.25, 0.3) is 22.3 Å². The molecule has 1 heterocycles. The lowest BCUT2D eigenvalue weighted by Gasteiger charge is -2.09. The SMILES string of the molecule is CCOc1ccc(-c2cc(=O)c3cc(NC(=O)c4ccccc4Cl)ccc3o2)cc1. The second-order valence-corrected chi connectivity index (χ2v) is 6.98. The van der Waals surface area contributed by atoms with E-state index < -0.39 is 0 Å². The van der Waals surface area contributed by atoms with Crippen LogP contribution in [-0.2, 0) is 0 Å². The number of rotatable bonds is 5. The first kappa shape index (κ1) is 19.7. The fourth-order valence-corrected chi connectivity index (χ4v) is 3.32. The molecule has 0 aliphatic carbocycles. The van der Waals surface area contributed by atoms with Crippen LogP contribution in [0.2, 0.25) is 5.02 Å². The van der Waals surface area contributed by atoms with Crippen molar-refractivity contribution in [2.75, 3.05) is 11.9 Å². The quantitative estimate of drug-likeness (QED) is 0.446. The summed E-state index contributed by atoms with van der Waals surface area (Å²) in [7, 11) is 0. The average Bonchev–Trinajstić information content (AvgIpc) is 2.75. The van der Waals surface area contributed by atoms with E-state index >= 15 is 0 Å². The number of carbonyl (C=O) groups excluding carboxylic acids is 1. The summed E-state index contributed by atoms with van der Waals surface area (Å²) < 4.78 is 11.4. The summed E-state index contributed by atoms with van der Waals surface area (Å²) in [5.74, 6) is 0.863. The summed E-state index contributed by atoms with van der Waals surface area (Å²) in [6, 6.07) is 20.5. The Morgan fingerprint density at radius 3 is 2.53 bits per heavy atom. The highest BCUT2D eigenvalue weighted by Crippen LogP contribution is 2.26. The van der Waals surface area contributed by atoms with Crippen molar-refractivity contribution in [1.29, 1.82) is 0 Å². The Kier molecular flexibility index (Phi) is 5.55. The van der Waals surface area contributed by atoms with Crippen molar-refractivity contribution in [2.24, 2.45) is 0 Å². The summed E-state index contributed by atoms with van der Waals surface area (Å²) in [5.41, 5.74) is 1.84. The highest BCUT2D eigenvalue weighted by molar-refractivity contribution is 6.34. The van der Waals surface area contributed by atoms with E-state index in [0.717, 1.165) is 11.3 Å². The number of hydrogen-bond acceptors (Lipinski definition) is 4. The summed E-state index contributed by atoms with van der Waals surface area (Å²) in [4.78, 5) is 25.1. The molecule has 0 unspecified atom stereocenters. The van der Waals surface area contributed by atoms with Crippen LogP contribution in [0.4, 0.5) is 5.69 Å². The lowest BCUT2D eigenvalue weighted by Crippen LogP contribution is -2.12. The first-order chi connectivity index (χ1) is 14.5. The van der Waals surface area contributed by atoms with Crippen molar-refractivity contribution in [3.63, 3.8) is 0 Å². The van der Waals surface area contributed by atoms with E-state index in [9.17, 15) is 9.59 Å². The van der Waals surface area contributed by atoms with E-state index in [4.69, 9.17) is 20.8 Å². The third-order valence-electron chi connectivity index (χ3n) is 4.55. The zero-order valence-corrected chi connectivity index (χ0v) is 16.9. The van der Waals surface area contributed by atoms with E-state index in [0.29, 0.717) is 39.6 Å². The number of anilines is 1. The maximum absolute atomic E-state index is 12.7. The van der Waals surface area contributed by atoms with Crippen LogP contribution in [0, 0.1) is 0 Å². The Morgan fingerprint density at radius 1 is 1.03 bits per heavy atom.